The first-order chi connectivity index (χ1) is 10.2. The molecule has 4 heteroatoms. The molecule has 1 atom stereocenters. The van der Waals surface area contributed by atoms with Gasteiger partial charge in [0.05, 0.1) is 7.11 Å². The standard InChI is InChI=1S/C17H20ClNO2/c1-3-15(19)14-6-4-5-7-17(14)21-11-12-10-13(18)8-9-16(12)20-2/h4-10,15H,3,11,19H2,1-2H3/t15-/m0/s1. The molecule has 2 rings (SSSR count). The van der Waals surface area contributed by atoms with Gasteiger partial charge >= 0.3 is 0 Å². The second-order valence-electron chi connectivity index (χ2n) is 4.80. The van der Waals surface area contributed by atoms with E-state index >= 15 is 0 Å². The maximum atomic E-state index is 6.12. The summed E-state index contributed by atoms with van der Waals surface area (Å²) >= 11 is 6.03. The SMILES string of the molecule is CC[C@H](N)c1ccccc1OCc1cc(Cl)ccc1OC. The van der Waals surface area contributed by atoms with E-state index in [-0.39, 0.29) is 6.04 Å². The normalized spacial score (nSPS) is 12.0. The Balaban J connectivity index is 2.19. The molecule has 0 fully saturated rings. The Bertz CT molecular complexity index is 601. The molecule has 0 aliphatic rings. The van der Waals surface area contributed by atoms with E-state index < -0.39 is 0 Å². The molecule has 0 spiro atoms. The molecule has 0 heterocycles. The summed E-state index contributed by atoms with van der Waals surface area (Å²) in [6.07, 6.45) is 0.862. The van der Waals surface area contributed by atoms with E-state index in [0.29, 0.717) is 11.6 Å². The van der Waals surface area contributed by atoms with E-state index in [1.807, 2.05) is 36.4 Å². The molecule has 0 saturated carbocycles. The highest BCUT2D eigenvalue weighted by Crippen LogP contribution is 2.28. The van der Waals surface area contributed by atoms with Crippen LogP contribution in [-0.2, 0) is 6.61 Å². The van der Waals surface area contributed by atoms with Crippen molar-refractivity contribution in [3.8, 4) is 11.5 Å². The average molecular weight is 306 g/mol. The van der Waals surface area contributed by atoms with E-state index in [0.717, 1.165) is 29.0 Å². The summed E-state index contributed by atoms with van der Waals surface area (Å²) in [7, 11) is 1.63. The number of ether oxygens (including phenoxy) is 2. The van der Waals surface area contributed by atoms with Crippen LogP contribution < -0.4 is 15.2 Å². The van der Waals surface area contributed by atoms with Crippen molar-refractivity contribution in [1.29, 1.82) is 0 Å². The van der Waals surface area contributed by atoms with Crippen LogP contribution in [-0.4, -0.2) is 7.11 Å². The molecule has 0 amide bonds. The fourth-order valence-corrected chi connectivity index (χ4v) is 2.35. The summed E-state index contributed by atoms with van der Waals surface area (Å²) in [6.45, 7) is 2.44. The summed E-state index contributed by atoms with van der Waals surface area (Å²) in [6, 6.07) is 13.3. The highest BCUT2D eigenvalue weighted by atomic mass is 35.5. The van der Waals surface area contributed by atoms with Crippen molar-refractivity contribution in [2.75, 3.05) is 7.11 Å². The molecule has 2 aromatic carbocycles. The third-order valence-electron chi connectivity index (χ3n) is 3.38. The van der Waals surface area contributed by atoms with Crippen molar-refractivity contribution in [3.05, 3.63) is 58.6 Å². The maximum Gasteiger partial charge on any atom is 0.125 e. The Labute approximate surface area is 130 Å². The van der Waals surface area contributed by atoms with Crippen molar-refractivity contribution in [1.82, 2.24) is 0 Å². The Morgan fingerprint density at radius 3 is 2.62 bits per heavy atom. The third kappa shape index (κ3) is 3.90. The Morgan fingerprint density at radius 1 is 1.14 bits per heavy atom. The number of halogens is 1. The van der Waals surface area contributed by atoms with Gasteiger partial charge in [-0.1, -0.05) is 36.7 Å². The first-order valence-corrected chi connectivity index (χ1v) is 7.33. The van der Waals surface area contributed by atoms with E-state index in [9.17, 15) is 0 Å². The van der Waals surface area contributed by atoms with Gasteiger partial charge in [-0.3, -0.25) is 0 Å². The van der Waals surface area contributed by atoms with Crippen LogP contribution in [0.2, 0.25) is 5.02 Å². The number of methoxy groups -OCH3 is 1. The second kappa shape index (κ2) is 7.34. The lowest BCUT2D eigenvalue weighted by Gasteiger charge is -2.16. The summed E-state index contributed by atoms with van der Waals surface area (Å²) in [5, 5.41) is 0.660. The van der Waals surface area contributed by atoms with Gasteiger partial charge in [0.1, 0.15) is 18.1 Å². The number of hydrogen-bond donors (Lipinski definition) is 1. The van der Waals surface area contributed by atoms with Crippen LogP contribution >= 0.6 is 11.6 Å². The van der Waals surface area contributed by atoms with Gasteiger partial charge in [0, 0.05) is 22.2 Å². The van der Waals surface area contributed by atoms with Crippen molar-refractivity contribution < 1.29 is 9.47 Å². The number of nitrogens with two attached hydrogens (primary N) is 1. The van der Waals surface area contributed by atoms with Crippen molar-refractivity contribution in [3.63, 3.8) is 0 Å². The smallest absolute Gasteiger partial charge is 0.125 e. The molecule has 0 aliphatic carbocycles. The van der Waals surface area contributed by atoms with Crippen LogP contribution in [0.15, 0.2) is 42.5 Å². The summed E-state index contributed by atoms with van der Waals surface area (Å²) in [5.41, 5.74) is 8.04. The highest BCUT2D eigenvalue weighted by molar-refractivity contribution is 6.30. The second-order valence-corrected chi connectivity index (χ2v) is 5.23. The fraction of sp³-hybridized carbons (Fsp3) is 0.294. The quantitative estimate of drug-likeness (QED) is 0.863. The van der Waals surface area contributed by atoms with Crippen molar-refractivity contribution in [2.45, 2.75) is 26.0 Å². The zero-order valence-corrected chi connectivity index (χ0v) is 13.1. The van der Waals surface area contributed by atoms with Gasteiger partial charge < -0.3 is 15.2 Å². The number of para-hydroxylation sites is 1. The zero-order valence-electron chi connectivity index (χ0n) is 12.3. The minimum atomic E-state index is -0.0255. The first-order valence-electron chi connectivity index (χ1n) is 6.95. The molecular weight excluding hydrogens is 286 g/mol. The van der Waals surface area contributed by atoms with Gasteiger partial charge in [-0.25, -0.2) is 0 Å². The topological polar surface area (TPSA) is 44.5 Å². The monoisotopic (exact) mass is 305 g/mol. The van der Waals surface area contributed by atoms with Crippen LogP contribution in [0.1, 0.15) is 30.5 Å². The molecule has 3 nitrogen and oxygen atoms in total. The first kappa shape index (κ1) is 15.7. The van der Waals surface area contributed by atoms with Crippen LogP contribution in [0.5, 0.6) is 11.5 Å². The number of rotatable bonds is 6. The highest BCUT2D eigenvalue weighted by Gasteiger charge is 2.11. The van der Waals surface area contributed by atoms with Gasteiger partial charge in [0.15, 0.2) is 0 Å². The molecule has 2 N–H and O–H groups in total. The van der Waals surface area contributed by atoms with Gasteiger partial charge in [-0.2, -0.15) is 0 Å². The fourth-order valence-electron chi connectivity index (χ4n) is 2.15. The van der Waals surface area contributed by atoms with E-state index in [1.165, 1.54) is 0 Å². The zero-order chi connectivity index (χ0) is 15.2. The summed E-state index contributed by atoms with van der Waals surface area (Å²) in [5.74, 6) is 1.56. The predicted octanol–water partition coefficient (Wildman–Crippen LogP) is 4.34. The molecule has 21 heavy (non-hydrogen) atoms. The van der Waals surface area contributed by atoms with Crippen LogP contribution in [0.3, 0.4) is 0 Å². The third-order valence-corrected chi connectivity index (χ3v) is 3.62. The molecule has 0 aliphatic heterocycles. The van der Waals surface area contributed by atoms with Crippen LogP contribution in [0, 0.1) is 0 Å². The molecule has 2 aromatic rings. The minimum absolute atomic E-state index is 0.0255. The molecule has 0 unspecified atom stereocenters. The molecule has 0 radical (unpaired) electrons. The van der Waals surface area contributed by atoms with E-state index in [1.54, 1.807) is 13.2 Å². The lowest BCUT2D eigenvalue weighted by molar-refractivity contribution is 0.292. The number of hydrogen-bond acceptors (Lipinski definition) is 3. The van der Waals surface area contributed by atoms with E-state index in [4.69, 9.17) is 26.8 Å². The summed E-state index contributed by atoms with van der Waals surface area (Å²) in [4.78, 5) is 0. The van der Waals surface area contributed by atoms with Gasteiger partial charge in [-0.15, -0.1) is 0 Å². The molecule has 112 valence electrons. The predicted molar refractivity (Wildman–Crippen MR) is 86.0 cm³/mol. The maximum absolute atomic E-state index is 6.12. The Hall–Kier alpha value is -1.71. The van der Waals surface area contributed by atoms with Gasteiger partial charge in [-0.05, 0) is 30.7 Å². The molecule has 0 aromatic heterocycles. The lowest BCUT2D eigenvalue weighted by atomic mass is 10.0. The summed E-state index contributed by atoms with van der Waals surface area (Å²) < 4.78 is 11.2. The van der Waals surface area contributed by atoms with Crippen LogP contribution in [0.25, 0.3) is 0 Å². The largest absolute Gasteiger partial charge is 0.496 e. The van der Waals surface area contributed by atoms with Crippen molar-refractivity contribution in [2.24, 2.45) is 5.73 Å². The lowest BCUT2D eigenvalue weighted by Crippen LogP contribution is -2.11. The Morgan fingerprint density at radius 2 is 1.90 bits per heavy atom. The molecular formula is C17H20ClNO2. The Kier molecular flexibility index (Phi) is 5.48. The minimum Gasteiger partial charge on any atom is -0.496 e. The average Bonchev–Trinajstić information content (AvgIpc) is 2.52. The molecule has 0 bridgehead atoms. The van der Waals surface area contributed by atoms with Gasteiger partial charge in [0.2, 0.25) is 0 Å². The molecule has 0 saturated heterocycles. The van der Waals surface area contributed by atoms with Crippen LogP contribution in [0.4, 0.5) is 0 Å². The number of benzene rings is 2. The van der Waals surface area contributed by atoms with E-state index in [2.05, 4.69) is 6.92 Å². The van der Waals surface area contributed by atoms with Gasteiger partial charge in [0.25, 0.3) is 0 Å². The van der Waals surface area contributed by atoms with Crippen molar-refractivity contribution >= 4 is 11.6 Å².